The van der Waals surface area contributed by atoms with Crippen molar-refractivity contribution in [2.45, 2.75) is 322 Å². The third kappa shape index (κ3) is 46.7. The molecule has 0 aromatic carbocycles. The van der Waals surface area contributed by atoms with Crippen molar-refractivity contribution in [3.63, 3.8) is 0 Å². The molecule has 115 heavy (non-hydrogen) atoms. The van der Waals surface area contributed by atoms with E-state index in [1.807, 2.05) is 83.1 Å². The van der Waals surface area contributed by atoms with E-state index in [0.29, 0.717) is 83.6 Å². The van der Waals surface area contributed by atoms with E-state index in [4.69, 9.17) is 45.9 Å². The van der Waals surface area contributed by atoms with Crippen molar-refractivity contribution >= 4 is 108 Å². The van der Waals surface area contributed by atoms with Gasteiger partial charge in [0.1, 0.15) is 78.5 Å². The normalized spacial score (nSPS) is 15.2. The first-order valence-electron chi connectivity index (χ1n) is 41.7. The van der Waals surface area contributed by atoms with Gasteiger partial charge in [0.2, 0.25) is 82.7 Å². The van der Waals surface area contributed by atoms with Crippen molar-refractivity contribution < 1.29 is 67.1 Å². The van der Waals surface area contributed by atoms with E-state index in [-0.39, 0.29) is 157 Å². The topological polar surface area (TPSA) is 604 Å². The number of rotatable bonds is 65. The summed E-state index contributed by atoms with van der Waals surface area (Å²) in [5.41, 5.74) is 46.6. The molecule has 37 heteroatoms. The van der Waals surface area contributed by atoms with Crippen molar-refractivity contribution in [1.29, 1.82) is 0 Å². The zero-order chi connectivity index (χ0) is 87.4. The highest BCUT2D eigenvalue weighted by Gasteiger charge is 2.39. The molecule has 14 atom stereocenters. The Morgan fingerprint density at radius 2 is 0.357 bits per heavy atom. The molecule has 14 amide bonds. The van der Waals surface area contributed by atoms with Crippen LogP contribution < -0.4 is 115 Å². The summed E-state index contributed by atoms with van der Waals surface area (Å²) in [7, 11) is 0. The molecular formula is C78H151N21O14S2. The standard InChI is InChI=1S/C78H151N21O14S2/c1-45(2)37-58(93-66(101)51(85)43-114)76(111)96-59(38-46(3)4)73(108)90-52(25-13-19-31-79)67(102)87-55(28-16-22-34-82)70(105)94-62(41-49(9)10)77(112)97-60(39-47(5)6)74(109)91-53(26-14-20-32-80)68(103)88-56(29-17-23-35-83)71(106)95-63(42-50(11)12)78(113)98-61(40-48(7)8)75(110)92-54(27-15-21-33-81)69(104)89-57(30-18-24-36-84)72(107)99-64(44-115)65(86)100/h45-64,114-115H,13-44,79-85H2,1-12H3,(H2,86,100)(H,87,102)(H,88,103)(H,89,104)(H,90,108)(H,91,109)(H,92,110)(H,93,101)(H,94,105)(H,95,106)(H,96,111)(H,97,112)(H,98,113)(H,99,107)/t51-,52-,53-,54-,55-,56-,57-,58-,59-,60-,61-,62-,63-,64-/m0/s1. The van der Waals surface area contributed by atoms with Gasteiger partial charge in [-0.1, -0.05) is 83.1 Å². The zero-order valence-electron chi connectivity index (χ0n) is 70.9. The molecule has 0 aliphatic rings. The Balaban J connectivity index is 7.37. The number of unbranched alkanes of at least 4 members (excludes halogenated alkanes) is 6. The molecular weight excluding hydrogens is 1520 g/mol. The fraction of sp³-hybridized carbons (Fsp3) is 0.821. The number of hydrogen-bond donors (Lipinski definition) is 23. The number of nitrogens with two attached hydrogens (primary N) is 8. The van der Waals surface area contributed by atoms with Crippen LogP contribution in [-0.4, -0.2) is 218 Å². The van der Waals surface area contributed by atoms with Crippen LogP contribution in [0.4, 0.5) is 0 Å². The summed E-state index contributed by atoms with van der Waals surface area (Å²) in [6.07, 6.45) is 6.08. The van der Waals surface area contributed by atoms with Crippen LogP contribution in [0, 0.1) is 35.5 Å². The Bertz CT molecular complexity index is 2940. The maximum absolute atomic E-state index is 14.8. The molecule has 0 radical (unpaired) electrons. The quantitative estimate of drug-likeness (QED) is 0.0257. The minimum atomic E-state index is -1.31. The molecule has 0 unspecified atom stereocenters. The van der Waals surface area contributed by atoms with Crippen molar-refractivity contribution in [3.05, 3.63) is 0 Å². The number of amides is 14. The van der Waals surface area contributed by atoms with Crippen LogP contribution in [0.25, 0.3) is 0 Å². The monoisotopic (exact) mass is 1670 g/mol. The predicted octanol–water partition coefficient (Wildman–Crippen LogP) is -0.988. The number of primary amides is 1. The minimum absolute atomic E-state index is 0.0243. The van der Waals surface area contributed by atoms with Gasteiger partial charge in [0.15, 0.2) is 0 Å². The van der Waals surface area contributed by atoms with Crippen LogP contribution in [0.1, 0.15) is 237 Å². The maximum Gasteiger partial charge on any atom is 0.243 e. The summed E-state index contributed by atoms with van der Waals surface area (Å²) in [6.45, 7) is 23.6. The van der Waals surface area contributed by atoms with E-state index < -0.39 is 167 Å². The van der Waals surface area contributed by atoms with E-state index in [0.717, 1.165) is 0 Å². The van der Waals surface area contributed by atoms with Gasteiger partial charge in [-0.25, -0.2) is 0 Å². The van der Waals surface area contributed by atoms with E-state index in [9.17, 15) is 67.1 Å². The lowest BCUT2D eigenvalue weighted by Crippen LogP contribution is -2.61. The maximum atomic E-state index is 14.8. The predicted molar refractivity (Wildman–Crippen MR) is 454 cm³/mol. The molecule has 0 aromatic rings. The Morgan fingerprint density at radius 1 is 0.217 bits per heavy atom. The van der Waals surface area contributed by atoms with Crippen molar-refractivity contribution in [3.8, 4) is 0 Å². The second-order valence-electron chi connectivity index (χ2n) is 32.7. The first-order valence-corrected chi connectivity index (χ1v) is 43.0. The van der Waals surface area contributed by atoms with Gasteiger partial charge in [0.05, 0.1) is 6.04 Å². The van der Waals surface area contributed by atoms with E-state index in [1.165, 1.54) is 0 Å². The second-order valence-corrected chi connectivity index (χ2v) is 33.4. The van der Waals surface area contributed by atoms with Gasteiger partial charge in [-0.3, -0.25) is 67.1 Å². The first-order chi connectivity index (χ1) is 54.3. The smallest absolute Gasteiger partial charge is 0.243 e. The molecule has 0 aliphatic carbocycles. The fourth-order valence-corrected chi connectivity index (χ4v) is 13.1. The Morgan fingerprint density at radius 3 is 0.487 bits per heavy atom. The van der Waals surface area contributed by atoms with Crippen molar-refractivity contribution in [2.24, 2.45) is 81.4 Å². The lowest BCUT2D eigenvalue weighted by Gasteiger charge is -2.30. The van der Waals surface area contributed by atoms with Crippen LogP contribution in [-0.2, 0) is 67.1 Å². The van der Waals surface area contributed by atoms with Crippen LogP contribution >= 0.6 is 25.3 Å². The second kappa shape index (κ2) is 61.3. The molecule has 0 saturated heterocycles. The number of nitrogens with one attached hydrogen (secondary N) is 13. The molecule has 664 valence electrons. The van der Waals surface area contributed by atoms with E-state index in [1.54, 1.807) is 0 Å². The number of hydrogen-bond acceptors (Lipinski definition) is 23. The molecule has 0 saturated carbocycles. The van der Waals surface area contributed by atoms with Crippen LogP contribution in [0.2, 0.25) is 0 Å². The van der Waals surface area contributed by atoms with Gasteiger partial charge in [-0.15, -0.1) is 0 Å². The van der Waals surface area contributed by atoms with Gasteiger partial charge in [-0.2, -0.15) is 25.3 Å². The molecule has 0 spiro atoms. The lowest BCUT2D eigenvalue weighted by molar-refractivity contribution is -0.137. The highest BCUT2D eigenvalue weighted by Crippen LogP contribution is 2.18. The summed E-state index contributed by atoms with van der Waals surface area (Å²) >= 11 is 8.24. The largest absolute Gasteiger partial charge is 0.368 e. The molecule has 0 fully saturated rings. The summed E-state index contributed by atoms with van der Waals surface area (Å²) in [4.78, 5) is 199. The number of carbonyl (C=O) groups excluding carboxylic acids is 14. The number of carbonyl (C=O) groups is 14. The molecule has 35 nitrogen and oxygen atoms in total. The van der Waals surface area contributed by atoms with Crippen molar-refractivity contribution in [1.82, 2.24) is 69.1 Å². The summed E-state index contributed by atoms with van der Waals surface area (Å²) < 4.78 is 0. The van der Waals surface area contributed by atoms with Gasteiger partial charge >= 0.3 is 0 Å². The fourth-order valence-electron chi connectivity index (χ4n) is 12.6. The van der Waals surface area contributed by atoms with Gasteiger partial charge < -0.3 is 115 Å². The number of thiol groups is 2. The van der Waals surface area contributed by atoms with Crippen LogP contribution in [0.3, 0.4) is 0 Å². The first kappa shape index (κ1) is 108. The van der Waals surface area contributed by atoms with Crippen molar-refractivity contribution in [2.75, 3.05) is 50.8 Å². The Hall–Kier alpha value is -7.00. The molecule has 0 bridgehead atoms. The van der Waals surface area contributed by atoms with Gasteiger partial charge in [-0.05, 0) is 229 Å². The Kier molecular flexibility index (Phi) is 57.6. The van der Waals surface area contributed by atoms with Gasteiger partial charge in [0, 0.05) is 11.5 Å². The molecule has 29 N–H and O–H groups in total. The average Bonchev–Trinajstić information content (AvgIpc) is 0.853. The molecule has 0 aromatic heterocycles. The van der Waals surface area contributed by atoms with E-state index in [2.05, 4.69) is 94.4 Å². The lowest BCUT2D eigenvalue weighted by atomic mass is 9.98. The summed E-state index contributed by atoms with van der Waals surface area (Å²) in [5.74, 6) is -11.3. The molecule has 0 aliphatic heterocycles. The summed E-state index contributed by atoms with van der Waals surface area (Å²) in [6, 6.07) is -17.0. The third-order valence-electron chi connectivity index (χ3n) is 18.9. The third-order valence-corrected chi connectivity index (χ3v) is 19.7. The zero-order valence-corrected chi connectivity index (χ0v) is 72.7. The SMILES string of the molecule is CC(C)C[C@H](NC(=O)[C@H](CC(C)C)NC(=O)[C@H](CCCCN)NC(=O)[C@H](CCCCN)NC(=O)[C@H](CC(C)C)NC(=O)[C@H](CC(C)C)NC(=O)[C@H](CCCCN)NC(=O)[C@H](CCCCN)NC(=O)[C@H](CC(C)C)NC(=O)[C@H](CC(C)C)NC(=O)[C@@H](N)CS)C(=O)N[C@@H](CCCCN)C(=O)N[C@@H](CCCCN)C(=O)N[C@@H](CS)C(N)=O. The van der Waals surface area contributed by atoms with Crippen LogP contribution in [0.15, 0.2) is 0 Å². The average molecular weight is 1670 g/mol. The van der Waals surface area contributed by atoms with Crippen LogP contribution in [0.5, 0.6) is 0 Å². The molecule has 0 rings (SSSR count). The van der Waals surface area contributed by atoms with Gasteiger partial charge in [0.25, 0.3) is 0 Å². The molecule has 0 heterocycles. The highest BCUT2D eigenvalue weighted by atomic mass is 32.1. The minimum Gasteiger partial charge on any atom is -0.368 e. The Labute approximate surface area is 694 Å². The highest BCUT2D eigenvalue weighted by molar-refractivity contribution is 7.80. The summed E-state index contributed by atoms with van der Waals surface area (Å²) in [5, 5.41) is 36.1. The van der Waals surface area contributed by atoms with E-state index >= 15 is 0 Å².